The summed E-state index contributed by atoms with van der Waals surface area (Å²) in [5.74, 6) is 0.775. The first-order chi connectivity index (χ1) is 15.1. The van der Waals surface area contributed by atoms with E-state index in [1.54, 1.807) is 30.0 Å². The zero-order valence-electron chi connectivity index (χ0n) is 16.1. The molecule has 0 saturated carbocycles. The number of nitrogens with one attached hydrogen (secondary N) is 1. The van der Waals surface area contributed by atoms with E-state index in [4.69, 9.17) is 0 Å². The van der Waals surface area contributed by atoms with Gasteiger partial charge in [0.1, 0.15) is 5.75 Å². The molecule has 0 bridgehead atoms. The zero-order chi connectivity index (χ0) is 21.4. The second kappa shape index (κ2) is 8.57. The van der Waals surface area contributed by atoms with Gasteiger partial charge in [-0.2, -0.15) is 0 Å². The van der Waals surface area contributed by atoms with Crippen LogP contribution in [0.1, 0.15) is 0 Å². The highest BCUT2D eigenvalue weighted by Crippen LogP contribution is 2.43. The number of nitrogens with zero attached hydrogens (tertiary/aromatic N) is 3. The molecule has 1 aliphatic heterocycles. The Kier molecular flexibility index (Phi) is 5.64. The fourth-order valence-electron chi connectivity index (χ4n) is 3.61. The smallest absolute Gasteiger partial charge is 0.238 e. The molecule has 5 rings (SSSR count). The second-order valence-corrected chi connectivity index (χ2v) is 10.1. The number of hydrogen-bond acceptors (Lipinski definition) is 6. The quantitative estimate of drug-likeness (QED) is 0.476. The largest absolute Gasteiger partial charge is 0.507 e. The van der Waals surface area contributed by atoms with Crippen LogP contribution in [-0.4, -0.2) is 43.2 Å². The number of thioether (sulfide) groups is 2. The van der Waals surface area contributed by atoms with Crippen molar-refractivity contribution in [2.75, 3.05) is 10.7 Å². The molecular formula is C22H17BrN4O2S2. The van der Waals surface area contributed by atoms with Gasteiger partial charge in [-0.05, 0) is 30.3 Å². The number of aromatic amines is 1. The average Bonchev–Trinajstić information content (AvgIpc) is 3.26. The standard InChI is InChI=1S/C22H17BrN4O2S2/c23-13-9-10-17(28)14(11-13)21-24-22(26-25-21)30-12-20(29)27-15-5-1-3-7-18(15)31-19-8-4-2-6-16(19)27/h1-11,15,18,28H,12H2,(H,24,25,26)/t15-,18+/m1/s1. The Bertz CT molecular complexity index is 1210. The summed E-state index contributed by atoms with van der Waals surface area (Å²) in [6.45, 7) is 0. The summed E-state index contributed by atoms with van der Waals surface area (Å²) in [6, 6.07) is 13.1. The number of aromatic nitrogens is 3. The van der Waals surface area contributed by atoms with E-state index in [9.17, 15) is 9.90 Å². The third-order valence-corrected chi connectivity index (χ3v) is 7.65. The van der Waals surface area contributed by atoms with Crippen molar-refractivity contribution < 1.29 is 9.90 Å². The van der Waals surface area contributed by atoms with E-state index < -0.39 is 0 Å². The number of rotatable bonds is 4. The van der Waals surface area contributed by atoms with Crippen LogP contribution in [0, 0.1) is 0 Å². The number of para-hydroxylation sites is 1. The number of anilines is 1. The van der Waals surface area contributed by atoms with E-state index in [2.05, 4.69) is 49.3 Å². The molecular weight excluding hydrogens is 496 g/mol. The number of hydrogen-bond donors (Lipinski definition) is 2. The van der Waals surface area contributed by atoms with E-state index in [0.29, 0.717) is 16.5 Å². The fraction of sp³-hybridized carbons (Fsp3) is 0.136. The van der Waals surface area contributed by atoms with Crippen molar-refractivity contribution in [1.82, 2.24) is 15.2 Å². The Hall–Kier alpha value is -2.49. The highest BCUT2D eigenvalue weighted by Gasteiger charge is 2.36. The molecule has 2 N–H and O–H groups in total. The SMILES string of the molecule is O=C(CSc1n[nH]c(-c2cc(Br)ccc2O)n1)N1c2ccccc2S[C@H]2C=CC=C[C@H]21. The molecule has 2 aliphatic rings. The first kappa shape index (κ1) is 20.4. The minimum atomic E-state index is -0.0145. The van der Waals surface area contributed by atoms with E-state index in [1.807, 2.05) is 35.3 Å². The lowest BCUT2D eigenvalue weighted by Gasteiger charge is -2.40. The topological polar surface area (TPSA) is 82.1 Å². The lowest BCUT2D eigenvalue weighted by molar-refractivity contribution is -0.116. The molecule has 31 heavy (non-hydrogen) atoms. The molecule has 9 heteroatoms. The summed E-state index contributed by atoms with van der Waals surface area (Å²) >= 11 is 6.45. The number of phenols is 1. The third-order valence-electron chi connectivity index (χ3n) is 5.01. The molecule has 0 unspecified atom stereocenters. The minimum Gasteiger partial charge on any atom is -0.507 e. The molecule has 0 saturated heterocycles. The first-order valence-electron chi connectivity index (χ1n) is 9.57. The van der Waals surface area contributed by atoms with Crippen LogP contribution < -0.4 is 4.90 Å². The fourth-order valence-corrected chi connectivity index (χ4v) is 5.88. The van der Waals surface area contributed by atoms with Gasteiger partial charge < -0.3 is 10.0 Å². The van der Waals surface area contributed by atoms with Gasteiger partial charge in [0.05, 0.1) is 28.3 Å². The van der Waals surface area contributed by atoms with Crippen molar-refractivity contribution in [2.24, 2.45) is 0 Å². The molecule has 2 aromatic carbocycles. The molecule has 1 amide bonds. The lowest BCUT2D eigenvalue weighted by Crippen LogP contribution is -2.48. The Morgan fingerprint density at radius 2 is 2.06 bits per heavy atom. The number of halogens is 1. The Morgan fingerprint density at radius 1 is 1.23 bits per heavy atom. The first-order valence-corrected chi connectivity index (χ1v) is 12.2. The number of fused-ring (bicyclic) bond motifs is 2. The van der Waals surface area contributed by atoms with Gasteiger partial charge in [0.15, 0.2) is 5.82 Å². The van der Waals surface area contributed by atoms with Crippen molar-refractivity contribution in [2.45, 2.75) is 21.3 Å². The number of carbonyl (C=O) groups is 1. The molecule has 2 atom stereocenters. The van der Waals surface area contributed by atoms with Gasteiger partial charge in [-0.3, -0.25) is 9.89 Å². The highest BCUT2D eigenvalue weighted by molar-refractivity contribution is 9.10. The molecule has 1 aromatic heterocycles. The number of aromatic hydroxyl groups is 1. The molecule has 1 aliphatic carbocycles. The lowest BCUT2D eigenvalue weighted by atomic mass is 10.0. The van der Waals surface area contributed by atoms with Gasteiger partial charge in [0.2, 0.25) is 11.1 Å². The minimum absolute atomic E-state index is 0.00403. The average molecular weight is 513 g/mol. The number of amides is 1. The van der Waals surface area contributed by atoms with E-state index in [0.717, 1.165) is 15.1 Å². The highest BCUT2D eigenvalue weighted by atomic mass is 79.9. The Balaban J connectivity index is 1.35. The van der Waals surface area contributed by atoms with Gasteiger partial charge in [0.25, 0.3) is 0 Å². The second-order valence-electron chi connectivity index (χ2n) is 6.99. The summed E-state index contributed by atoms with van der Waals surface area (Å²) in [5.41, 5.74) is 1.48. The summed E-state index contributed by atoms with van der Waals surface area (Å²) in [6.07, 6.45) is 8.25. The van der Waals surface area contributed by atoms with E-state index >= 15 is 0 Å². The van der Waals surface area contributed by atoms with Gasteiger partial charge in [-0.25, -0.2) is 4.98 Å². The monoisotopic (exact) mass is 512 g/mol. The number of allylic oxidation sites excluding steroid dienone is 2. The molecule has 2 heterocycles. The van der Waals surface area contributed by atoms with Crippen molar-refractivity contribution in [3.05, 3.63) is 71.2 Å². The predicted molar refractivity (Wildman–Crippen MR) is 128 cm³/mol. The van der Waals surface area contributed by atoms with Gasteiger partial charge in [-0.1, -0.05) is 64.1 Å². The van der Waals surface area contributed by atoms with Crippen molar-refractivity contribution in [3.8, 4) is 17.1 Å². The maximum Gasteiger partial charge on any atom is 0.238 e. The normalized spacial score (nSPS) is 19.2. The number of carbonyl (C=O) groups excluding carboxylic acids is 1. The van der Waals surface area contributed by atoms with Crippen LogP contribution in [0.3, 0.4) is 0 Å². The summed E-state index contributed by atoms with van der Waals surface area (Å²) < 4.78 is 0.826. The van der Waals surface area contributed by atoms with Crippen LogP contribution in [0.2, 0.25) is 0 Å². The van der Waals surface area contributed by atoms with Gasteiger partial charge in [0, 0.05) is 9.37 Å². The molecule has 156 valence electrons. The van der Waals surface area contributed by atoms with Crippen molar-refractivity contribution in [3.63, 3.8) is 0 Å². The third kappa shape index (κ3) is 4.05. The predicted octanol–water partition coefficient (Wildman–Crippen LogP) is 5.03. The number of phenolic OH excluding ortho intramolecular Hbond substituents is 1. The van der Waals surface area contributed by atoms with Crippen LogP contribution in [0.15, 0.2) is 81.3 Å². The van der Waals surface area contributed by atoms with Gasteiger partial charge in [-0.15, -0.1) is 16.9 Å². The number of benzene rings is 2. The Morgan fingerprint density at radius 3 is 2.97 bits per heavy atom. The Labute approximate surface area is 196 Å². The van der Waals surface area contributed by atoms with Crippen LogP contribution in [0.5, 0.6) is 5.75 Å². The van der Waals surface area contributed by atoms with Gasteiger partial charge >= 0.3 is 0 Å². The maximum absolute atomic E-state index is 13.3. The maximum atomic E-state index is 13.3. The summed E-state index contributed by atoms with van der Waals surface area (Å²) in [7, 11) is 0. The van der Waals surface area contributed by atoms with Crippen molar-refractivity contribution >= 4 is 51.0 Å². The molecule has 6 nitrogen and oxygen atoms in total. The van der Waals surface area contributed by atoms with Crippen LogP contribution >= 0.6 is 39.5 Å². The van der Waals surface area contributed by atoms with Crippen LogP contribution in [0.25, 0.3) is 11.4 Å². The summed E-state index contributed by atoms with van der Waals surface area (Å²) in [4.78, 5) is 20.7. The van der Waals surface area contributed by atoms with Crippen LogP contribution in [0.4, 0.5) is 5.69 Å². The summed E-state index contributed by atoms with van der Waals surface area (Å²) in [5, 5.41) is 17.8. The van der Waals surface area contributed by atoms with Crippen LogP contribution in [-0.2, 0) is 4.79 Å². The molecule has 3 aromatic rings. The molecule has 0 spiro atoms. The number of H-pyrrole nitrogens is 1. The van der Waals surface area contributed by atoms with E-state index in [1.165, 1.54) is 11.8 Å². The molecule has 0 fully saturated rings. The van der Waals surface area contributed by atoms with E-state index in [-0.39, 0.29) is 28.7 Å². The molecule has 0 radical (unpaired) electrons. The zero-order valence-corrected chi connectivity index (χ0v) is 19.3. The van der Waals surface area contributed by atoms with Crippen molar-refractivity contribution in [1.29, 1.82) is 0 Å².